The molecule has 0 aliphatic rings. The van der Waals surface area contributed by atoms with Gasteiger partial charge in [-0.1, -0.05) is 35.5 Å². The predicted octanol–water partition coefficient (Wildman–Crippen LogP) is 1.99. The second-order valence-electron chi connectivity index (χ2n) is 4.74. The maximum Gasteiger partial charge on any atom is 0.214 e. The van der Waals surface area contributed by atoms with Crippen molar-refractivity contribution in [1.82, 2.24) is 9.46 Å². The minimum Gasteiger partial charge on any atom is -0.361 e. The molecule has 0 spiro atoms. The van der Waals surface area contributed by atoms with Crippen molar-refractivity contribution >= 4 is 10.0 Å². The second-order valence-corrected chi connectivity index (χ2v) is 6.93. The van der Waals surface area contributed by atoms with E-state index >= 15 is 0 Å². The first-order valence-electron chi connectivity index (χ1n) is 6.37. The Bertz CT molecular complexity index is 650. The summed E-state index contributed by atoms with van der Waals surface area (Å²) in [4.78, 5) is 0. The fourth-order valence-corrected chi connectivity index (χ4v) is 3.00. The molecule has 0 saturated heterocycles. The number of sulfonamides is 1. The smallest absolute Gasteiger partial charge is 0.214 e. The normalized spacial score (nSPS) is 11.9. The SMILES string of the molecule is Cc1cc(CN(C)S(=O)(=O)CCc2ccccc2)no1. The fourth-order valence-electron chi connectivity index (χ4n) is 1.87. The van der Waals surface area contributed by atoms with Crippen LogP contribution in [0.1, 0.15) is 17.0 Å². The van der Waals surface area contributed by atoms with Gasteiger partial charge in [0.2, 0.25) is 10.0 Å². The quantitative estimate of drug-likeness (QED) is 0.817. The van der Waals surface area contributed by atoms with Gasteiger partial charge in [-0.05, 0) is 18.9 Å². The number of rotatable bonds is 6. The number of nitrogens with zero attached hydrogens (tertiary/aromatic N) is 2. The topological polar surface area (TPSA) is 63.4 Å². The van der Waals surface area contributed by atoms with Gasteiger partial charge >= 0.3 is 0 Å². The summed E-state index contributed by atoms with van der Waals surface area (Å²) < 4.78 is 30.6. The van der Waals surface area contributed by atoms with Crippen molar-refractivity contribution in [1.29, 1.82) is 0 Å². The summed E-state index contributed by atoms with van der Waals surface area (Å²) >= 11 is 0. The zero-order chi connectivity index (χ0) is 14.6. The highest BCUT2D eigenvalue weighted by Crippen LogP contribution is 2.10. The first-order valence-corrected chi connectivity index (χ1v) is 7.98. The van der Waals surface area contributed by atoms with Gasteiger partial charge in [-0.2, -0.15) is 4.31 Å². The molecule has 2 aromatic rings. The van der Waals surface area contributed by atoms with Crippen LogP contribution >= 0.6 is 0 Å². The molecule has 0 aliphatic carbocycles. The standard InChI is InChI=1S/C14H18N2O3S/c1-12-10-14(15-19-12)11-16(2)20(17,18)9-8-13-6-4-3-5-7-13/h3-7,10H,8-9,11H2,1-2H3. The summed E-state index contributed by atoms with van der Waals surface area (Å²) in [7, 11) is -1.74. The van der Waals surface area contributed by atoms with Gasteiger partial charge in [0.15, 0.2) is 0 Å². The van der Waals surface area contributed by atoms with Crippen LogP contribution in [0.3, 0.4) is 0 Å². The molecule has 0 aliphatic heterocycles. The van der Waals surface area contributed by atoms with E-state index in [0.717, 1.165) is 5.56 Å². The molecule has 0 saturated carbocycles. The van der Waals surface area contributed by atoms with Crippen molar-refractivity contribution in [2.75, 3.05) is 12.8 Å². The van der Waals surface area contributed by atoms with Crippen LogP contribution in [0.5, 0.6) is 0 Å². The summed E-state index contributed by atoms with van der Waals surface area (Å²) in [6.07, 6.45) is 0.505. The Kier molecular flexibility index (Phi) is 4.57. The Labute approximate surface area is 119 Å². The third-order valence-electron chi connectivity index (χ3n) is 3.03. The molecule has 0 unspecified atom stereocenters. The average Bonchev–Trinajstić information content (AvgIpc) is 2.83. The van der Waals surface area contributed by atoms with E-state index in [1.165, 1.54) is 4.31 Å². The summed E-state index contributed by atoms with van der Waals surface area (Å²) in [5, 5.41) is 3.81. The minimum atomic E-state index is -3.30. The van der Waals surface area contributed by atoms with E-state index < -0.39 is 10.0 Å². The largest absolute Gasteiger partial charge is 0.361 e. The Hall–Kier alpha value is -1.66. The van der Waals surface area contributed by atoms with Crippen LogP contribution in [0.15, 0.2) is 40.9 Å². The average molecular weight is 294 g/mol. The number of benzene rings is 1. The molecule has 5 nitrogen and oxygen atoms in total. The highest BCUT2D eigenvalue weighted by atomic mass is 32.2. The highest BCUT2D eigenvalue weighted by molar-refractivity contribution is 7.89. The molecule has 6 heteroatoms. The Morgan fingerprint density at radius 3 is 2.55 bits per heavy atom. The highest BCUT2D eigenvalue weighted by Gasteiger charge is 2.19. The number of hydrogen-bond donors (Lipinski definition) is 0. The van der Waals surface area contributed by atoms with Gasteiger partial charge in [0.05, 0.1) is 18.0 Å². The first kappa shape index (κ1) is 14.7. The van der Waals surface area contributed by atoms with Crippen LogP contribution in [0, 0.1) is 6.92 Å². The predicted molar refractivity (Wildman–Crippen MR) is 76.6 cm³/mol. The van der Waals surface area contributed by atoms with Crippen LogP contribution in [-0.2, 0) is 23.0 Å². The van der Waals surface area contributed by atoms with E-state index in [-0.39, 0.29) is 12.3 Å². The molecule has 2 rings (SSSR count). The van der Waals surface area contributed by atoms with Gasteiger partial charge in [0, 0.05) is 13.1 Å². The third kappa shape index (κ3) is 3.91. The Morgan fingerprint density at radius 2 is 1.95 bits per heavy atom. The molecule has 0 radical (unpaired) electrons. The molecule has 20 heavy (non-hydrogen) atoms. The zero-order valence-electron chi connectivity index (χ0n) is 11.6. The fraction of sp³-hybridized carbons (Fsp3) is 0.357. The van der Waals surface area contributed by atoms with E-state index in [4.69, 9.17) is 4.52 Å². The van der Waals surface area contributed by atoms with Gasteiger partial charge in [-0.15, -0.1) is 0 Å². The molecular weight excluding hydrogens is 276 g/mol. The lowest BCUT2D eigenvalue weighted by Gasteiger charge is -2.15. The van der Waals surface area contributed by atoms with E-state index in [1.807, 2.05) is 30.3 Å². The molecule has 1 aromatic heterocycles. The molecule has 0 amide bonds. The summed E-state index contributed by atoms with van der Waals surface area (Å²) in [5.74, 6) is 0.764. The van der Waals surface area contributed by atoms with Crippen molar-refractivity contribution in [3.63, 3.8) is 0 Å². The van der Waals surface area contributed by atoms with E-state index in [1.54, 1.807) is 20.0 Å². The van der Waals surface area contributed by atoms with Gasteiger partial charge in [-0.3, -0.25) is 0 Å². The second kappa shape index (κ2) is 6.19. The van der Waals surface area contributed by atoms with Crippen molar-refractivity contribution in [3.05, 3.63) is 53.4 Å². The van der Waals surface area contributed by atoms with Crippen LogP contribution in [0.25, 0.3) is 0 Å². The van der Waals surface area contributed by atoms with Crippen molar-refractivity contribution < 1.29 is 12.9 Å². The number of aromatic nitrogens is 1. The Morgan fingerprint density at radius 1 is 1.25 bits per heavy atom. The van der Waals surface area contributed by atoms with Crippen LogP contribution in [0.4, 0.5) is 0 Å². The van der Waals surface area contributed by atoms with E-state index in [0.29, 0.717) is 17.9 Å². The van der Waals surface area contributed by atoms with Crippen molar-refractivity contribution in [3.8, 4) is 0 Å². The molecule has 1 aromatic carbocycles. The monoisotopic (exact) mass is 294 g/mol. The van der Waals surface area contributed by atoms with Gasteiger partial charge in [0.1, 0.15) is 5.76 Å². The van der Waals surface area contributed by atoms with Crippen molar-refractivity contribution in [2.24, 2.45) is 0 Å². The number of aryl methyl sites for hydroxylation is 2. The Balaban J connectivity index is 1.95. The van der Waals surface area contributed by atoms with Crippen LogP contribution in [-0.4, -0.2) is 30.7 Å². The molecule has 1 heterocycles. The lowest BCUT2D eigenvalue weighted by atomic mass is 10.2. The summed E-state index contributed by atoms with van der Waals surface area (Å²) in [6, 6.07) is 11.3. The van der Waals surface area contributed by atoms with Crippen LogP contribution < -0.4 is 0 Å². The lowest BCUT2D eigenvalue weighted by molar-refractivity contribution is 0.378. The molecule has 108 valence electrons. The van der Waals surface area contributed by atoms with E-state index in [9.17, 15) is 8.42 Å². The molecule has 0 atom stereocenters. The minimum absolute atomic E-state index is 0.0876. The van der Waals surface area contributed by atoms with E-state index in [2.05, 4.69) is 5.16 Å². The molecular formula is C14H18N2O3S. The first-order chi connectivity index (χ1) is 9.47. The molecule has 0 N–H and O–H groups in total. The van der Waals surface area contributed by atoms with Gasteiger partial charge in [-0.25, -0.2) is 8.42 Å². The summed E-state index contributed by atoms with van der Waals surface area (Å²) in [5.41, 5.74) is 1.63. The zero-order valence-corrected chi connectivity index (χ0v) is 12.4. The maximum atomic E-state index is 12.2. The number of hydrogen-bond acceptors (Lipinski definition) is 4. The van der Waals surface area contributed by atoms with Gasteiger partial charge < -0.3 is 4.52 Å². The van der Waals surface area contributed by atoms with Crippen molar-refractivity contribution in [2.45, 2.75) is 19.9 Å². The lowest BCUT2D eigenvalue weighted by Crippen LogP contribution is -2.29. The molecule has 0 fully saturated rings. The third-order valence-corrected chi connectivity index (χ3v) is 4.83. The maximum absolute atomic E-state index is 12.2. The summed E-state index contributed by atoms with van der Waals surface area (Å²) in [6.45, 7) is 2.01. The van der Waals surface area contributed by atoms with Crippen LogP contribution in [0.2, 0.25) is 0 Å². The molecule has 0 bridgehead atoms. The van der Waals surface area contributed by atoms with Gasteiger partial charge in [0.25, 0.3) is 0 Å².